The van der Waals surface area contributed by atoms with Crippen LogP contribution in [0.2, 0.25) is 0 Å². The molecule has 20 heavy (non-hydrogen) atoms. The van der Waals surface area contributed by atoms with E-state index in [9.17, 15) is 4.79 Å². The number of hydrogen-bond donors (Lipinski definition) is 2. The van der Waals surface area contributed by atoms with Crippen LogP contribution in [0.4, 0.5) is 5.82 Å². The molecule has 1 amide bonds. The van der Waals surface area contributed by atoms with Crippen LogP contribution < -0.4 is 5.32 Å². The molecule has 106 valence electrons. The van der Waals surface area contributed by atoms with Crippen molar-refractivity contribution in [1.82, 2.24) is 25.1 Å². The molecule has 2 aromatic rings. The van der Waals surface area contributed by atoms with Crippen LogP contribution in [0.25, 0.3) is 0 Å². The Kier molecular flexibility index (Phi) is 3.97. The maximum absolute atomic E-state index is 12.4. The van der Waals surface area contributed by atoms with Gasteiger partial charge in [0, 0.05) is 25.4 Å². The molecule has 0 fully saturated rings. The topological polar surface area (TPSA) is 86.8 Å². The molecule has 0 aliphatic rings. The Balaban J connectivity index is 2.15. The normalized spacial score (nSPS) is 10.4. The predicted octanol–water partition coefficient (Wildman–Crippen LogP) is 1.13. The Morgan fingerprint density at radius 2 is 2.10 bits per heavy atom. The number of nitrogens with one attached hydrogen (secondary N) is 2. The molecule has 0 radical (unpaired) electrons. The van der Waals surface area contributed by atoms with Gasteiger partial charge < -0.3 is 10.2 Å². The van der Waals surface area contributed by atoms with Gasteiger partial charge in [-0.1, -0.05) is 0 Å². The molecule has 0 aliphatic heterocycles. The van der Waals surface area contributed by atoms with Gasteiger partial charge in [0.05, 0.1) is 6.54 Å². The summed E-state index contributed by atoms with van der Waals surface area (Å²) in [5.41, 5.74) is 1.39. The van der Waals surface area contributed by atoms with Gasteiger partial charge in [-0.05, 0) is 26.0 Å². The fraction of sp³-hybridized carbons (Fsp3) is 0.385. The number of pyridine rings is 1. The van der Waals surface area contributed by atoms with Gasteiger partial charge >= 0.3 is 0 Å². The molecule has 7 nitrogen and oxygen atoms in total. The number of anilines is 1. The molecule has 0 saturated carbocycles. The fourth-order valence-corrected chi connectivity index (χ4v) is 1.88. The Labute approximate surface area is 117 Å². The maximum atomic E-state index is 12.4. The average molecular weight is 274 g/mol. The van der Waals surface area contributed by atoms with E-state index < -0.39 is 0 Å². The highest BCUT2D eigenvalue weighted by molar-refractivity contribution is 5.94. The molecule has 0 bridgehead atoms. The van der Waals surface area contributed by atoms with Gasteiger partial charge in [0.15, 0.2) is 5.82 Å². The maximum Gasteiger partial charge on any atom is 0.254 e. The number of hydrogen-bond acceptors (Lipinski definition) is 5. The zero-order valence-corrected chi connectivity index (χ0v) is 12.1. The van der Waals surface area contributed by atoms with Gasteiger partial charge in [0.25, 0.3) is 5.91 Å². The fourth-order valence-electron chi connectivity index (χ4n) is 1.88. The quantitative estimate of drug-likeness (QED) is 0.872. The van der Waals surface area contributed by atoms with Crippen LogP contribution in [-0.4, -0.2) is 45.1 Å². The molecule has 0 aromatic carbocycles. The molecule has 0 unspecified atom stereocenters. The number of rotatable bonds is 4. The lowest BCUT2D eigenvalue weighted by molar-refractivity contribution is 0.0781. The van der Waals surface area contributed by atoms with E-state index in [1.165, 1.54) is 0 Å². The lowest BCUT2D eigenvalue weighted by Crippen LogP contribution is -2.27. The van der Waals surface area contributed by atoms with Gasteiger partial charge in [-0.2, -0.15) is 5.10 Å². The van der Waals surface area contributed by atoms with Crippen molar-refractivity contribution in [3.05, 3.63) is 35.0 Å². The summed E-state index contributed by atoms with van der Waals surface area (Å²) in [6, 6.07) is 3.50. The second-order valence-corrected chi connectivity index (χ2v) is 4.63. The first kappa shape index (κ1) is 14.0. The van der Waals surface area contributed by atoms with E-state index in [2.05, 4.69) is 25.5 Å². The molecule has 7 heteroatoms. The number of aromatic amines is 1. The summed E-state index contributed by atoms with van der Waals surface area (Å²) >= 11 is 0. The van der Waals surface area contributed by atoms with Crippen molar-refractivity contribution in [1.29, 1.82) is 0 Å². The summed E-state index contributed by atoms with van der Waals surface area (Å²) in [5.74, 6) is 1.92. The molecule has 2 N–H and O–H groups in total. The van der Waals surface area contributed by atoms with Crippen LogP contribution in [0.1, 0.15) is 27.7 Å². The van der Waals surface area contributed by atoms with Crippen molar-refractivity contribution in [2.45, 2.75) is 20.4 Å². The molecule has 0 atom stereocenters. The monoisotopic (exact) mass is 274 g/mol. The van der Waals surface area contributed by atoms with Crippen molar-refractivity contribution in [2.24, 2.45) is 0 Å². The highest BCUT2D eigenvalue weighted by Crippen LogP contribution is 2.12. The van der Waals surface area contributed by atoms with E-state index >= 15 is 0 Å². The van der Waals surface area contributed by atoms with Gasteiger partial charge in [-0.3, -0.25) is 9.89 Å². The SMILES string of the molecule is CNc1cc(C(=O)N(C)Cc2n[nH]c(C)n2)cc(C)n1. The van der Waals surface area contributed by atoms with E-state index in [-0.39, 0.29) is 5.91 Å². The molecule has 2 rings (SSSR count). The Bertz CT molecular complexity index is 621. The van der Waals surface area contributed by atoms with Crippen molar-refractivity contribution in [3.63, 3.8) is 0 Å². The minimum absolute atomic E-state index is 0.0885. The highest BCUT2D eigenvalue weighted by Gasteiger charge is 2.15. The lowest BCUT2D eigenvalue weighted by Gasteiger charge is -2.16. The zero-order valence-electron chi connectivity index (χ0n) is 12.1. The number of nitrogens with zero attached hydrogens (tertiary/aromatic N) is 4. The van der Waals surface area contributed by atoms with Gasteiger partial charge in [0.2, 0.25) is 0 Å². The molecular weight excluding hydrogens is 256 g/mol. The van der Waals surface area contributed by atoms with Gasteiger partial charge in [0.1, 0.15) is 11.6 Å². The van der Waals surface area contributed by atoms with E-state index in [0.717, 1.165) is 11.5 Å². The minimum Gasteiger partial charge on any atom is -0.373 e. The molecule has 2 aromatic heterocycles. The third-order valence-electron chi connectivity index (χ3n) is 2.83. The largest absolute Gasteiger partial charge is 0.373 e. The molecular formula is C13H18N6O. The third-order valence-corrected chi connectivity index (χ3v) is 2.83. The predicted molar refractivity (Wildman–Crippen MR) is 75.4 cm³/mol. The summed E-state index contributed by atoms with van der Waals surface area (Å²) in [5, 5.41) is 9.73. The zero-order chi connectivity index (χ0) is 14.7. The smallest absolute Gasteiger partial charge is 0.254 e. The molecule has 0 saturated heterocycles. The van der Waals surface area contributed by atoms with Gasteiger partial charge in [-0.25, -0.2) is 9.97 Å². The van der Waals surface area contributed by atoms with Crippen LogP contribution in [0.5, 0.6) is 0 Å². The number of carbonyl (C=O) groups is 1. The number of aromatic nitrogens is 4. The van der Waals surface area contributed by atoms with Gasteiger partial charge in [-0.15, -0.1) is 0 Å². The third kappa shape index (κ3) is 3.11. The van der Waals surface area contributed by atoms with E-state index in [0.29, 0.717) is 23.8 Å². The summed E-state index contributed by atoms with van der Waals surface area (Å²) in [4.78, 5) is 22.4. The Morgan fingerprint density at radius 1 is 1.35 bits per heavy atom. The van der Waals surface area contributed by atoms with Crippen LogP contribution in [-0.2, 0) is 6.54 Å². The minimum atomic E-state index is -0.0885. The van der Waals surface area contributed by atoms with Crippen molar-refractivity contribution in [2.75, 3.05) is 19.4 Å². The number of amides is 1. The molecule has 2 heterocycles. The average Bonchev–Trinajstić information content (AvgIpc) is 2.82. The van der Waals surface area contributed by atoms with Crippen LogP contribution in [0, 0.1) is 13.8 Å². The standard InChI is InChI=1S/C13H18N6O/c1-8-5-10(6-11(14-3)15-8)13(20)19(4)7-12-16-9(2)17-18-12/h5-6H,7H2,1-4H3,(H,14,15)(H,16,17,18). The van der Waals surface area contributed by atoms with Crippen LogP contribution >= 0.6 is 0 Å². The number of aryl methyl sites for hydroxylation is 2. The summed E-state index contributed by atoms with van der Waals surface area (Å²) in [6.07, 6.45) is 0. The summed E-state index contributed by atoms with van der Waals surface area (Å²) in [7, 11) is 3.50. The Morgan fingerprint density at radius 3 is 2.70 bits per heavy atom. The van der Waals surface area contributed by atoms with E-state index in [1.54, 1.807) is 31.1 Å². The highest BCUT2D eigenvalue weighted by atomic mass is 16.2. The molecule has 0 aliphatic carbocycles. The van der Waals surface area contributed by atoms with Crippen LogP contribution in [0.3, 0.4) is 0 Å². The van der Waals surface area contributed by atoms with Crippen molar-refractivity contribution < 1.29 is 4.79 Å². The summed E-state index contributed by atoms with van der Waals surface area (Å²) < 4.78 is 0. The second kappa shape index (κ2) is 5.68. The first-order chi connectivity index (χ1) is 9.49. The molecule has 0 spiro atoms. The summed E-state index contributed by atoms with van der Waals surface area (Å²) in [6.45, 7) is 4.04. The van der Waals surface area contributed by atoms with Crippen molar-refractivity contribution in [3.8, 4) is 0 Å². The Hall–Kier alpha value is -2.44. The number of carbonyl (C=O) groups excluding carboxylic acids is 1. The van der Waals surface area contributed by atoms with Crippen molar-refractivity contribution >= 4 is 11.7 Å². The van der Waals surface area contributed by atoms with Crippen LogP contribution in [0.15, 0.2) is 12.1 Å². The first-order valence-electron chi connectivity index (χ1n) is 6.29. The van der Waals surface area contributed by atoms with E-state index in [1.807, 2.05) is 13.8 Å². The number of H-pyrrole nitrogens is 1. The van der Waals surface area contributed by atoms with E-state index in [4.69, 9.17) is 0 Å². The first-order valence-corrected chi connectivity index (χ1v) is 6.29. The lowest BCUT2D eigenvalue weighted by atomic mass is 10.2. The second-order valence-electron chi connectivity index (χ2n) is 4.63.